The van der Waals surface area contributed by atoms with Gasteiger partial charge in [-0.15, -0.1) is 0 Å². The van der Waals surface area contributed by atoms with Crippen molar-refractivity contribution in [3.05, 3.63) is 59.5 Å². The summed E-state index contributed by atoms with van der Waals surface area (Å²) in [4.78, 5) is 22.9. The number of rotatable bonds is 5. The largest absolute Gasteiger partial charge is 0.467 e. The molecular weight excluding hydrogens is 268 g/mol. The Morgan fingerprint density at radius 3 is 2.48 bits per heavy atom. The van der Waals surface area contributed by atoms with Crippen LogP contribution in [-0.4, -0.2) is 11.8 Å². The highest BCUT2D eigenvalue weighted by molar-refractivity contribution is 5.94. The second-order valence-electron chi connectivity index (χ2n) is 4.82. The number of carbonyl (C=O) groups is 2. The molecule has 1 atom stereocenters. The van der Waals surface area contributed by atoms with Crippen molar-refractivity contribution in [3.63, 3.8) is 0 Å². The van der Waals surface area contributed by atoms with Gasteiger partial charge in [0.05, 0.1) is 12.3 Å². The van der Waals surface area contributed by atoms with Gasteiger partial charge >= 0.3 is 0 Å². The lowest BCUT2D eigenvalue weighted by Crippen LogP contribution is -2.26. The van der Waals surface area contributed by atoms with Crippen LogP contribution in [0.4, 0.5) is 0 Å². The van der Waals surface area contributed by atoms with E-state index in [0.717, 1.165) is 5.56 Å². The first-order chi connectivity index (χ1) is 10.1. The maximum Gasteiger partial charge on any atom is 0.251 e. The molecule has 0 aliphatic heterocycles. The minimum Gasteiger partial charge on any atom is -0.467 e. The van der Waals surface area contributed by atoms with Gasteiger partial charge in [-0.1, -0.05) is 12.1 Å². The van der Waals surface area contributed by atoms with Crippen LogP contribution in [0.2, 0.25) is 0 Å². The van der Waals surface area contributed by atoms with E-state index >= 15 is 0 Å². The second kappa shape index (κ2) is 6.74. The lowest BCUT2D eigenvalue weighted by molar-refractivity contribution is -0.119. The van der Waals surface area contributed by atoms with Gasteiger partial charge in [0.15, 0.2) is 0 Å². The predicted octanol–water partition coefficient (Wildman–Crippen LogP) is 2.41. The first kappa shape index (κ1) is 14.8. The highest BCUT2D eigenvalue weighted by Gasteiger charge is 2.13. The monoisotopic (exact) mass is 286 g/mol. The van der Waals surface area contributed by atoms with Crippen LogP contribution in [0.25, 0.3) is 0 Å². The van der Waals surface area contributed by atoms with E-state index in [2.05, 4.69) is 10.6 Å². The van der Waals surface area contributed by atoms with Gasteiger partial charge in [0.1, 0.15) is 5.76 Å². The fourth-order valence-electron chi connectivity index (χ4n) is 1.89. The van der Waals surface area contributed by atoms with E-state index in [-0.39, 0.29) is 17.9 Å². The summed E-state index contributed by atoms with van der Waals surface area (Å²) in [6.07, 6.45) is 1.58. The fourth-order valence-corrected chi connectivity index (χ4v) is 1.89. The number of hydrogen-bond donors (Lipinski definition) is 2. The molecule has 0 bridgehead atoms. The van der Waals surface area contributed by atoms with Gasteiger partial charge < -0.3 is 15.1 Å². The topological polar surface area (TPSA) is 71.3 Å². The molecule has 2 N–H and O–H groups in total. The van der Waals surface area contributed by atoms with Crippen LogP contribution in [0.5, 0.6) is 0 Å². The van der Waals surface area contributed by atoms with Gasteiger partial charge in [-0.05, 0) is 36.8 Å². The minimum atomic E-state index is -0.188. The smallest absolute Gasteiger partial charge is 0.251 e. The zero-order valence-corrected chi connectivity index (χ0v) is 12.1. The van der Waals surface area contributed by atoms with E-state index in [1.54, 1.807) is 24.5 Å². The number of hydrogen-bond acceptors (Lipinski definition) is 3. The number of carbonyl (C=O) groups excluding carboxylic acids is 2. The lowest BCUT2D eigenvalue weighted by Gasteiger charge is -2.11. The van der Waals surface area contributed by atoms with Gasteiger partial charge in [-0.25, -0.2) is 0 Å². The van der Waals surface area contributed by atoms with Crippen molar-refractivity contribution in [2.75, 3.05) is 0 Å². The summed E-state index contributed by atoms with van der Waals surface area (Å²) in [6, 6.07) is 10.5. The molecule has 2 rings (SSSR count). The zero-order chi connectivity index (χ0) is 15.2. The van der Waals surface area contributed by atoms with Crippen molar-refractivity contribution < 1.29 is 14.0 Å². The molecule has 0 aliphatic carbocycles. The third-order valence-corrected chi connectivity index (χ3v) is 3.08. The second-order valence-corrected chi connectivity index (χ2v) is 4.82. The zero-order valence-electron chi connectivity index (χ0n) is 12.1. The molecule has 0 saturated heterocycles. The van der Waals surface area contributed by atoms with Crippen molar-refractivity contribution in [3.8, 4) is 0 Å². The molecule has 5 nitrogen and oxygen atoms in total. The molecule has 110 valence electrons. The number of benzene rings is 1. The van der Waals surface area contributed by atoms with Gasteiger partial charge in [-0.2, -0.15) is 0 Å². The van der Waals surface area contributed by atoms with E-state index in [1.807, 2.05) is 25.1 Å². The fraction of sp³-hybridized carbons (Fsp3) is 0.250. The van der Waals surface area contributed by atoms with Crippen LogP contribution in [0.1, 0.15) is 41.6 Å². The average Bonchev–Trinajstić information content (AvgIpc) is 3.00. The highest BCUT2D eigenvalue weighted by atomic mass is 16.3. The molecule has 1 unspecified atom stereocenters. The third kappa shape index (κ3) is 4.21. The van der Waals surface area contributed by atoms with Gasteiger partial charge in [0.2, 0.25) is 5.91 Å². The van der Waals surface area contributed by atoms with E-state index < -0.39 is 0 Å². The molecule has 0 aliphatic rings. The summed E-state index contributed by atoms with van der Waals surface area (Å²) in [5.74, 6) is 0.472. The summed E-state index contributed by atoms with van der Waals surface area (Å²) >= 11 is 0. The van der Waals surface area contributed by atoms with Crippen LogP contribution in [0.15, 0.2) is 47.1 Å². The maximum absolute atomic E-state index is 12.1. The quantitative estimate of drug-likeness (QED) is 0.886. The van der Waals surface area contributed by atoms with Gasteiger partial charge in [-0.3, -0.25) is 9.59 Å². The van der Waals surface area contributed by atoms with Crippen molar-refractivity contribution in [1.29, 1.82) is 0 Å². The van der Waals surface area contributed by atoms with E-state index in [0.29, 0.717) is 17.9 Å². The Morgan fingerprint density at radius 1 is 1.19 bits per heavy atom. The molecular formula is C16H18N2O3. The van der Waals surface area contributed by atoms with Crippen molar-refractivity contribution in [2.24, 2.45) is 0 Å². The van der Waals surface area contributed by atoms with Crippen LogP contribution in [-0.2, 0) is 11.3 Å². The Hall–Kier alpha value is -2.56. The van der Waals surface area contributed by atoms with Crippen LogP contribution >= 0.6 is 0 Å². The number of nitrogens with one attached hydrogen (secondary N) is 2. The van der Waals surface area contributed by atoms with E-state index in [4.69, 9.17) is 4.42 Å². The summed E-state index contributed by atoms with van der Waals surface area (Å²) in [5, 5.41) is 5.58. The number of furan rings is 1. The minimum absolute atomic E-state index is 0.0795. The Kier molecular flexibility index (Phi) is 4.77. The molecule has 0 spiro atoms. The number of amides is 2. The first-order valence-electron chi connectivity index (χ1n) is 6.74. The molecule has 2 aromatic rings. The predicted molar refractivity (Wildman–Crippen MR) is 78.6 cm³/mol. The van der Waals surface area contributed by atoms with Crippen molar-refractivity contribution in [1.82, 2.24) is 10.6 Å². The maximum atomic E-state index is 12.1. The summed E-state index contributed by atoms with van der Waals surface area (Å²) in [6.45, 7) is 3.79. The first-order valence-corrected chi connectivity index (χ1v) is 6.74. The highest BCUT2D eigenvalue weighted by Crippen LogP contribution is 2.13. The standard InChI is InChI=1S/C16H18N2O3/c1-11(15-4-3-9-21-15)18-16(20)14-7-5-13(6-8-14)10-17-12(2)19/h3-9,11H,10H2,1-2H3,(H,17,19)(H,18,20). The summed E-state index contributed by atoms with van der Waals surface area (Å²) in [7, 11) is 0. The molecule has 0 radical (unpaired) electrons. The molecule has 1 aromatic heterocycles. The summed E-state index contributed by atoms with van der Waals surface area (Å²) < 4.78 is 5.25. The third-order valence-electron chi connectivity index (χ3n) is 3.08. The Bertz CT molecular complexity index is 603. The van der Waals surface area contributed by atoms with Gasteiger partial charge in [0.25, 0.3) is 5.91 Å². The molecule has 0 saturated carbocycles. The van der Waals surface area contributed by atoms with Crippen LogP contribution < -0.4 is 10.6 Å². The SMILES string of the molecule is CC(=O)NCc1ccc(C(=O)NC(C)c2ccco2)cc1. The van der Waals surface area contributed by atoms with Crippen molar-refractivity contribution >= 4 is 11.8 Å². The average molecular weight is 286 g/mol. The lowest BCUT2D eigenvalue weighted by atomic mass is 10.1. The van der Waals surface area contributed by atoms with E-state index in [1.165, 1.54) is 6.92 Å². The Morgan fingerprint density at radius 2 is 1.90 bits per heavy atom. The van der Waals surface area contributed by atoms with Crippen molar-refractivity contribution in [2.45, 2.75) is 26.4 Å². The van der Waals surface area contributed by atoms with Gasteiger partial charge in [0, 0.05) is 19.0 Å². The molecule has 1 heterocycles. The van der Waals surface area contributed by atoms with E-state index in [9.17, 15) is 9.59 Å². The molecule has 0 fully saturated rings. The van der Waals surface area contributed by atoms with Crippen LogP contribution in [0.3, 0.4) is 0 Å². The Balaban J connectivity index is 1.95. The molecule has 2 amide bonds. The Labute approximate surface area is 123 Å². The normalized spacial score (nSPS) is 11.7. The molecule has 1 aromatic carbocycles. The molecule has 5 heteroatoms. The summed E-state index contributed by atoms with van der Waals surface area (Å²) in [5.41, 5.74) is 1.51. The molecule has 21 heavy (non-hydrogen) atoms. The van der Waals surface area contributed by atoms with Crippen LogP contribution in [0, 0.1) is 0 Å².